The molecule has 1 aromatic heterocycles. The fraction of sp³-hybridized carbons (Fsp3) is 0.485. The lowest BCUT2D eigenvalue weighted by atomic mass is 9.99. The van der Waals surface area contributed by atoms with E-state index in [0.717, 1.165) is 68.1 Å². The third-order valence-electron chi connectivity index (χ3n) is 8.82. The quantitative estimate of drug-likeness (QED) is 0.252. The molecule has 16 heteroatoms. The lowest BCUT2D eigenvalue weighted by Gasteiger charge is -2.40. The van der Waals surface area contributed by atoms with E-state index in [2.05, 4.69) is 30.8 Å². The highest BCUT2D eigenvalue weighted by molar-refractivity contribution is 7.92. The summed E-state index contributed by atoms with van der Waals surface area (Å²) in [6.07, 6.45) is 0.784. The smallest absolute Gasteiger partial charge is 0.421 e. The van der Waals surface area contributed by atoms with Crippen molar-refractivity contribution in [3.63, 3.8) is 0 Å². The van der Waals surface area contributed by atoms with Gasteiger partial charge in [0, 0.05) is 57.2 Å². The highest BCUT2D eigenvalue weighted by Gasteiger charge is 2.35. The molecule has 2 saturated heterocycles. The summed E-state index contributed by atoms with van der Waals surface area (Å²) in [5.74, 6) is -0.640. The Morgan fingerprint density at radius 1 is 1.14 bits per heavy atom. The molecular weight excluding hydrogens is 663 g/mol. The van der Waals surface area contributed by atoms with Crippen LogP contribution in [0.5, 0.6) is 5.75 Å². The number of carbonyl (C=O) groups excluding carboxylic acids is 1. The topological polar surface area (TPSA) is 138 Å². The molecule has 0 spiro atoms. The van der Waals surface area contributed by atoms with Crippen LogP contribution in [-0.4, -0.2) is 88.0 Å². The molecule has 3 heterocycles. The molecule has 3 N–H and O–H groups in total. The van der Waals surface area contributed by atoms with E-state index in [1.807, 2.05) is 0 Å². The molecule has 0 unspecified atom stereocenters. The van der Waals surface area contributed by atoms with Crippen LogP contribution in [0, 0.1) is 6.92 Å². The van der Waals surface area contributed by atoms with Gasteiger partial charge >= 0.3 is 6.18 Å². The predicted molar refractivity (Wildman–Crippen MR) is 181 cm³/mol. The minimum absolute atomic E-state index is 0.00197. The molecule has 266 valence electrons. The maximum Gasteiger partial charge on any atom is 0.421 e. The van der Waals surface area contributed by atoms with Crippen molar-refractivity contribution in [3.8, 4) is 5.75 Å². The van der Waals surface area contributed by atoms with Crippen molar-refractivity contribution in [1.29, 1.82) is 0 Å². The molecule has 49 heavy (non-hydrogen) atoms. The lowest BCUT2D eigenvalue weighted by molar-refractivity contribution is -0.137. The van der Waals surface area contributed by atoms with Crippen molar-refractivity contribution in [2.45, 2.75) is 57.4 Å². The van der Waals surface area contributed by atoms with Gasteiger partial charge < -0.3 is 25.4 Å². The van der Waals surface area contributed by atoms with E-state index in [4.69, 9.17) is 9.47 Å². The summed E-state index contributed by atoms with van der Waals surface area (Å²) in [5, 5.41) is 8.75. The number of benzene rings is 2. The Labute approximate surface area is 284 Å². The number of rotatable bonds is 11. The minimum atomic E-state index is -4.77. The maximum absolute atomic E-state index is 14.0. The first kappa shape index (κ1) is 36.1. The number of likely N-dealkylation sites (tertiary alicyclic amines) is 1. The van der Waals surface area contributed by atoms with Crippen molar-refractivity contribution in [3.05, 3.63) is 64.8 Å². The van der Waals surface area contributed by atoms with Gasteiger partial charge in [-0.3, -0.25) is 14.0 Å². The molecule has 3 aromatic rings. The monoisotopic (exact) mass is 705 g/mol. The van der Waals surface area contributed by atoms with Gasteiger partial charge in [0.2, 0.25) is 16.0 Å². The number of hydrogen-bond acceptors (Lipinski definition) is 10. The van der Waals surface area contributed by atoms with Crippen LogP contribution >= 0.6 is 0 Å². The summed E-state index contributed by atoms with van der Waals surface area (Å²) >= 11 is 0. The third kappa shape index (κ3) is 9.10. The van der Waals surface area contributed by atoms with Gasteiger partial charge in [0.1, 0.15) is 17.1 Å². The van der Waals surface area contributed by atoms with Gasteiger partial charge in [0.25, 0.3) is 5.91 Å². The third-order valence-corrected chi connectivity index (χ3v) is 10.0. The van der Waals surface area contributed by atoms with Crippen molar-refractivity contribution in [2.75, 3.05) is 61.7 Å². The van der Waals surface area contributed by atoms with Gasteiger partial charge in [-0.15, -0.1) is 0 Å². The zero-order chi connectivity index (χ0) is 35.3. The number of hydrogen-bond donors (Lipinski definition) is 3. The van der Waals surface area contributed by atoms with Crippen LogP contribution in [0.1, 0.15) is 52.7 Å². The molecule has 0 saturated carbocycles. The summed E-state index contributed by atoms with van der Waals surface area (Å²) in [4.78, 5) is 23.7. The van der Waals surface area contributed by atoms with Crippen LogP contribution in [0.4, 0.5) is 36.3 Å². The number of piperidine rings is 1. The Balaban J connectivity index is 1.31. The zero-order valence-corrected chi connectivity index (χ0v) is 28.7. The largest absolute Gasteiger partial charge is 0.495 e. The van der Waals surface area contributed by atoms with E-state index in [0.29, 0.717) is 34.7 Å². The Morgan fingerprint density at radius 3 is 2.59 bits per heavy atom. The first-order valence-corrected chi connectivity index (χ1v) is 17.9. The normalized spacial score (nSPS) is 17.7. The standard InChI is InChI=1S/C33H42F3N7O5S/c1-21-7-8-23(28(16-21)42(2)49(4,45)46)18-37-30-26(33(34,35)36)19-38-32(41-30)40-27-10-9-22(17-29(27)47-3)31(44)39-24-6-5-13-43(20-24)25-11-14-48-15-12-25/h7-10,16-17,19,24-25H,5-6,11-15,18,20H2,1-4H3,(H,39,44)(H2,37,38,40,41)/t24-/m0/s1. The van der Waals surface area contributed by atoms with E-state index >= 15 is 0 Å². The molecule has 2 aliphatic heterocycles. The molecule has 1 amide bonds. The molecule has 5 rings (SSSR count). The summed E-state index contributed by atoms with van der Waals surface area (Å²) in [6, 6.07) is 10.2. The number of amides is 1. The maximum atomic E-state index is 14.0. The van der Waals surface area contributed by atoms with Gasteiger partial charge in [-0.2, -0.15) is 18.2 Å². The molecule has 1 atom stereocenters. The highest BCUT2D eigenvalue weighted by atomic mass is 32.2. The van der Waals surface area contributed by atoms with Crippen molar-refractivity contribution < 1.29 is 35.9 Å². The number of halogens is 3. The van der Waals surface area contributed by atoms with Crippen LogP contribution in [0.2, 0.25) is 0 Å². The zero-order valence-electron chi connectivity index (χ0n) is 27.9. The fourth-order valence-electron chi connectivity index (χ4n) is 6.09. The minimum Gasteiger partial charge on any atom is -0.495 e. The second kappa shape index (κ2) is 15.2. The first-order chi connectivity index (χ1) is 23.2. The number of carbonyl (C=O) groups is 1. The average Bonchev–Trinajstić information content (AvgIpc) is 3.07. The molecule has 0 bridgehead atoms. The fourth-order valence-corrected chi connectivity index (χ4v) is 6.62. The van der Waals surface area contributed by atoms with Gasteiger partial charge in [-0.1, -0.05) is 12.1 Å². The molecule has 0 aliphatic carbocycles. The molecule has 2 aromatic carbocycles. The van der Waals surface area contributed by atoms with Gasteiger partial charge in [0.15, 0.2) is 0 Å². The number of anilines is 4. The summed E-state index contributed by atoms with van der Waals surface area (Å²) in [6.45, 7) is 4.92. The second-order valence-corrected chi connectivity index (χ2v) is 14.4. The van der Waals surface area contributed by atoms with Gasteiger partial charge in [0.05, 0.1) is 24.7 Å². The lowest BCUT2D eigenvalue weighted by Crippen LogP contribution is -2.52. The number of alkyl halides is 3. The second-order valence-electron chi connectivity index (χ2n) is 12.4. The van der Waals surface area contributed by atoms with E-state index in [1.54, 1.807) is 43.3 Å². The Kier molecular flexibility index (Phi) is 11.2. The Hall–Kier alpha value is -4.15. The number of sulfonamides is 1. The van der Waals surface area contributed by atoms with Gasteiger partial charge in [-0.25, -0.2) is 13.4 Å². The average molecular weight is 706 g/mol. The SMILES string of the molecule is COc1cc(C(=O)N[C@H]2CCCN(C3CCOCC3)C2)ccc1Nc1ncc(C(F)(F)F)c(NCc2ccc(C)cc2N(C)S(C)(=O)=O)n1. The molecule has 12 nitrogen and oxygen atoms in total. The number of methoxy groups -OCH3 is 1. The molecule has 2 aliphatic rings. The summed E-state index contributed by atoms with van der Waals surface area (Å²) < 4.78 is 78.5. The summed E-state index contributed by atoms with van der Waals surface area (Å²) in [5.41, 5.74) is 1.16. The molecule has 2 fully saturated rings. The predicted octanol–water partition coefficient (Wildman–Crippen LogP) is 4.94. The van der Waals surface area contributed by atoms with Crippen LogP contribution in [0.15, 0.2) is 42.6 Å². The van der Waals surface area contributed by atoms with Gasteiger partial charge in [-0.05, 0) is 74.5 Å². The highest BCUT2D eigenvalue weighted by Crippen LogP contribution is 2.36. The Bertz CT molecular complexity index is 1750. The first-order valence-electron chi connectivity index (χ1n) is 16.0. The van der Waals surface area contributed by atoms with Crippen molar-refractivity contribution in [2.24, 2.45) is 0 Å². The number of aromatic nitrogens is 2. The summed E-state index contributed by atoms with van der Waals surface area (Å²) in [7, 11) is -0.838. The number of aryl methyl sites for hydroxylation is 1. The molecule has 0 radical (unpaired) electrons. The van der Waals surface area contributed by atoms with Crippen LogP contribution in [0.25, 0.3) is 0 Å². The molecular formula is C33H42F3N7O5S. The Morgan fingerprint density at radius 2 is 1.90 bits per heavy atom. The van der Waals surface area contributed by atoms with Crippen LogP contribution in [0.3, 0.4) is 0 Å². The van der Waals surface area contributed by atoms with Crippen molar-refractivity contribution >= 4 is 39.1 Å². The van der Waals surface area contributed by atoms with E-state index < -0.39 is 27.6 Å². The number of nitrogens with zero attached hydrogens (tertiary/aromatic N) is 4. The van der Waals surface area contributed by atoms with E-state index in [-0.39, 0.29) is 30.2 Å². The van der Waals surface area contributed by atoms with E-state index in [1.165, 1.54) is 14.2 Å². The van der Waals surface area contributed by atoms with Crippen LogP contribution in [-0.2, 0) is 27.5 Å². The van der Waals surface area contributed by atoms with Crippen molar-refractivity contribution in [1.82, 2.24) is 20.2 Å². The van der Waals surface area contributed by atoms with Crippen LogP contribution < -0.4 is 25.0 Å². The van der Waals surface area contributed by atoms with E-state index in [9.17, 15) is 26.4 Å². The number of nitrogens with one attached hydrogen (secondary N) is 3. The number of ether oxygens (including phenoxy) is 2.